The van der Waals surface area contributed by atoms with E-state index in [2.05, 4.69) is 60.5 Å². The fourth-order valence-electron chi connectivity index (χ4n) is 3.84. The van der Waals surface area contributed by atoms with Crippen molar-refractivity contribution in [3.63, 3.8) is 0 Å². The largest absolute Gasteiger partial charge is 0.297 e. The molecule has 2 heterocycles. The highest BCUT2D eigenvalue weighted by atomic mass is 15.2. The van der Waals surface area contributed by atoms with E-state index in [9.17, 15) is 0 Å². The average Bonchev–Trinajstić information content (AvgIpc) is 2.46. The quantitative estimate of drug-likeness (QED) is 0.733. The van der Waals surface area contributed by atoms with Crippen LogP contribution in [0.4, 0.5) is 0 Å². The summed E-state index contributed by atoms with van der Waals surface area (Å²) in [5, 5.41) is 2.69. The number of piperidine rings is 1. The van der Waals surface area contributed by atoms with Gasteiger partial charge in [0.25, 0.3) is 0 Å². The van der Waals surface area contributed by atoms with E-state index < -0.39 is 0 Å². The van der Waals surface area contributed by atoms with Crippen LogP contribution in [0.2, 0.25) is 0 Å². The molecule has 0 amide bonds. The number of likely N-dealkylation sites (N-methyl/N-ethyl adjacent to an activating group) is 1. The normalized spacial score (nSPS) is 26.6. The maximum absolute atomic E-state index is 2.58. The number of hydrogen-bond donors (Lipinski definition) is 0. The number of nitrogens with zero attached hydrogens (tertiary/aromatic N) is 1. The minimum Gasteiger partial charge on any atom is -0.297 e. The van der Waals surface area contributed by atoms with Gasteiger partial charge in [-0.25, -0.2) is 0 Å². The summed E-state index contributed by atoms with van der Waals surface area (Å²) in [6, 6.07) is 17.0. The van der Waals surface area contributed by atoms with Gasteiger partial charge < -0.3 is 0 Å². The maximum Gasteiger partial charge on any atom is 0.0284 e. The van der Waals surface area contributed by atoms with E-state index in [0.717, 1.165) is 6.04 Å². The minimum atomic E-state index is 0.656. The average molecular weight is 263 g/mol. The molecule has 0 aromatic heterocycles. The molecule has 1 heteroatoms. The molecule has 0 spiro atoms. The van der Waals surface area contributed by atoms with Crippen LogP contribution in [-0.2, 0) is 0 Å². The molecule has 2 aromatic rings. The first-order chi connectivity index (χ1) is 9.81. The molecular weight excluding hydrogens is 242 g/mol. The number of benzene rings is 2. The van der Waals surface area contributed by atoms with Gasteiger partial charge in [0.15, 0.2) is 0 Å². The lowest BCUT2D eigenvalue weighted by Gasteiger charge is -2.42. The van der Waals surface area contributed by atoms with Gasteiger partial charge in [-0.05, 0) is 54.3 Å². The standard InChI is InChI=1S/C19H21N/c1-20-18-7-4-8-19(20)13-17(12-18)16-10-9-14-5-2-3-6-15(14)11-16/h2-3,5-6,9-12,18-19H,4,7-8,13H2,1H3. The van der Waals surface area contributed by atoms with Crippen LogP contribution in [0.25, 0.3) is 16.3 Å². The maximum atomic E-state index is 2.58. The Morgan fingerprint density at radius 1 is 1.00 bits per heavy atom. The molecule has 0 radical (unpaired) electrons. The molecule has 2 unspecified atom stereocenters. The molecule has 4 rings (SSSR count). The number of hydrogen-bond acceptors (Lipinski definition) is 1. The summed E-state index contributed by atoms with van der Waals surface area (Å²) in [5.74, 6) is 0. The van der Waals surface area contributed by atoms with Gasteiger partial charge in [0.05, 0.1) is 0 Å². The van der Waals surface area contributed by atoms with Crippen molar-refractivity contribution in [3.05, 3.63) is 54.1 Å². The highest BCUT2D eigenvalue weighted by Crippen LogP contribution is 2.36. The van der Waals surface area contributed by atoms with Crippen molar-refractivity contribution >= 4 is 16.3 Å². The monoisotopic (exact) mass is 263 g/mol. The molecule has 0 saturated carbocycles. The van der Waals surface area contributed by atoms with E-state index in [1.54, 1.807) is 5.57 Å². The first kappa shape index (κ1) is 12.2. The Morgan fingerprint density at radius 2 is 1.85 bits per heavy atom. The summed E-state index contributed by atoms with van der Waals surface area (Å²) >= 11 is 0. The van der Waals surface area contributed by atoms with Crippen LogP contribution in [0, 0.1) is 0 Å². The minimum absolute atomic E-state index is 0.656. The van der Waals surface area contributed by atoms with Crippen LogP contribution >= 0.6 is 0 Å². The molecular formula is C19H21N. The van der Waals surface area contributed by atoms with E-state index in [-0.39, 0.29) is 0 Å². The Kier molecular flexibility index (Phi) is 2.89. The molecule has 2 aliphatic rings. The Labute approximate surface area is 120 Å². The van der Waals surface area contributed by atoms with E-state index in [0.29, 0.717) is 6.04 Å². The summed E-state index contributed by atoms with van der Waals surface area (Å²) < 4.78 is 0. The van der Waals surface area contributed by atoms with Crippen LogP contribution in [0.3, 0.4) is 0 Å². The van der Waals surface area contributed by atoms with Crippen molar-refractivity contribution in [2.24, 2.45) is 0 Å². The van der Waals surface area contributed by atoms with Crippen molar-refractivity contribution in [2.75, 3.05) is 7.05 Å². The van der Waals surface area contributed by atoms with Gasteiger partial charge in [0, 0.05) is 12.1 Å². The van der Waals surface area contributed by atoms with Gasteiger partial charge >= 0.3 is 0 Å². The molecule has 0 aliphatic carbocycles. The van der Waals surface area contributed by atoms with Gasteiger partial charge in [0.1, 0.15) is 0 Å². The van der Waals surface area contributed by atoms with Crippen molar-refractivity contribution in [2.45, 2.75) is 37.8 Å². The zero-order valence-corrected chi connectivity index (χ0v) is 12.0. The Balaban J connectivity index is 1.75. The third-order valence-corrected chi connectivity index (χ3v) is 5.11. The van der Waals surface area contributed by atoms with Gasteiger partial charge in [-0.3, -0.25) is 4.90 Å². The molecule has 0 N–H and O–H groups in total. The van der Waals surface area contributed by atoms with Gasteiger partial charge in [-0.1, -0.05) is 48.9 Å². The SMILES string of the molecule is CN1C2C=C(c3ccc4ccccc4c3)CC1CCC2. The molecule has 2 aliphatic heterocycles. The highest BCUT2D eigenvalue weighted by molar-refractivity contribution is 5.86. The Hall–Kier alpha value is -1.60. The van der Waals surface area contributed by atoms with Crippen LogP contribution < -0.4 is 0 Å². The number of fused-ring (bicyclic) bond motifs is 3. The zero-order chi connectivity index (χ0) is 13.5. The van der Waals surface area contributed by atoms with Crippen molar-refractivity contribution in [3.8, 4) is 0 Å². The second kappa shape index (κ2) is 4.75. The molecule has 2 aromatic carbocycles. The fourth-order valence-corrected chi connectivity index (χ4v) is 3.84. The van der Waals surface area contributed by atoms with E-state index in [1.165, 1.54) is 42.0 Å². The smallest absolute Gasteiger partial charge is 0.0284 e. The second-order valence-corrected chi connectivity index (χ2v) is 6.28. The fraction of sp³-hybridized carbons (Fsp3) is 0.368. The predicted octanol–water partition coefficient (Wildman–Crippen LogP) is 4.48. The Bertz CT molecular complexity index is 670. The summed E-state index contributed by atoms with van der Waals surface area (Å²) in [5.41, 5.74) is 2.98. The topological polar surface area (TPSA) is 3.24 Å². The molecule has 20 heavy (non-hydrogen) atoms. The highest BCUT2D eigenvalue weighted by Gasteiger charge is 2.31. The second-order valence-electron chi connectivity index (χ2n) is 6.28. The van der Waals surface area contributed by atoms with Crippen LogP contribution in [0.15, 0.2) is 48.5 Å². The lowest BCUT2D eigenvalue weighted by molar-refractivity contribution is 0.137. The van der Waals surface area contributed by atoms with E-state index in [1.807, 2.05) is 0 Å². The summed E-state index contributed by atoms with van der Waals surface area (Å²) in [6.07, 6.45) is 7.80. The first-order valence-corrected chi connectivity index (χ1v) is 7.73. The van der Waals surface area contributed by atoms with Crippen molar-refractivity contribution in [1.82, 2.24) is 4.90 Å². The molecule has 1 saturated heterocycles. The lowest BCUT2D eigenvalue weighted by Crippen LogP contribution is -2.45. The lowest BCUT2D eigenvalue weighted by atomic mass is 9.83. The predicted molar refractivity (Wildman–Crippen MR) is 85.7 cm³/mol. The van der Waals surface area contributed by atoms with Gasteiger partial charge in [-0.15, -0.1) is 0 Å². The van der Waals surface area contributed by atoms with Crippen LogP contribution in [0.5, 0.6) is 0 Å². The van der Waals surface area contributed by atoms with Crippen molar-refractivity contribution in [1.29, 1.82) is 0 Å². The third-order valence-electron chi connectivity index (χ3n) is 5.11. The van der Waals surface area contributed by atoms with E-state index in [4.69, 9.17) is 0 Å². The van der Waals surface area contributed by atoms with Crippen LogP contribution in [0.1, 0.15) is 31.2 Å². The molecule has 2 atom stereocenters. The van der Waals surface area contributed by atoms with Gasteiger partial charge in [-0.2, -0.15) is 0 Å². The molecule has 1 fully saturated rings. The summed E-state index contributed by atoms with van der Waals surface area (Å²) in [7, 11) is 2.29. The van der Waals surface area contributed by atoms with Gasteiger partial charge in [0.2, 0.25) is 0 Å². The van der Waals surface area contributed by atoms with Crippen molar-refractivity contribution < 1.29 is 0 Å². The summed E-state index contributed by atoms with van der Waals surface area (Å²) in [4.78, 5) is 2.58. The zero-order valence-electron chi connectivity index (χ0n) is 12.0. The first-order valence-electron chi connectivity index (χ1n) is 7.73. The molecule has 2 bridgehead atoms. The summed E-state index contributed by atoms with van der Waals surface area (Å²) in [6.45, 7) is 0. The molecule has 102 valence electrons. The Morgan fingerprint density at radius 3 is 2.70 bits per heavy atom. The number of rotatable bonds is 1. The van der Waals surface area contributed by atoms with E-state index >= 15 is 0 Å². The third kappa shape index (κ3) is 1.97. The molecule has 1 nitrogen and oxygen atoms in total. The van der Waals surface area contributed by atoms with Crippen LogP contribution in [-0.4, -0.2) is 24.0 Å².